The highest BCUT2D eigenvalue weighted by Crippen LogP contribution is 2.57. The number of anilines is 1. The Balaban J connectivity index is 1.74. The molecule has 190 valence electrons. The summed E-state index contributed by atoms with van der Waals surface area (Å²) in [7, 11) is -10.5. The lowest BCUT2D eigenvalue weighted by molar-refractivity contribution is -0.0503. The van der Waals surface area contributed by atoms with Crippen LogP contribution in [0, 0.1) is 0 Å². The van der Waals surface area contributed by atoms with E-state index in [9.17, 15) is 24.2 Å². The van der Waals surface area contributed by atoms with Crippen molar-refractivity contribution in [1.29, 1.82) is 0 Å². The van der Waals surface area contributed by atoms with Crippen LogP contribution in [-0.4, -0.2) is 75.1 Å². The molecule has 3 rings (SSSR count). The van der Waals surface area contributed by atoms with Gasteiger partial charge in [0.25, 0.3) is 0 Å². The Labute approximate surface area is 197 Å². The molecule has 0 aliphatic carbocycles. The number of nitrogens with two attached hydrogens (primary N) is 1. The van der Waals surface area contributed by atoms with Gasteiger partial charge in [-0.15, -0.1) is 6.58 Å². The fourth-order valence-corrected chi connectivity index (χ4v) is 5.59. The molecule has 0 aromatic carbocycles. The van der Waals surface area contributed by atoms with Gasteiger partial charge in [-0.2, -0.15) is 4.31 Å². The second kappa shape index (κ2) is 11.1. The third-order valence-corrected chi connectivity index (χ3v) is 7.77. The number of nitrogens with zero attached hydrogens (tertiary/aromatic N) is 4. The van der Waals surface area contributed by atoms with Gasteiger partial charge in [0.15, 0.2) is 22.8 Å². The lowest BCUT2D eigenvalue weighted by Crippen LogP contribution is -2.33. The van der Waals surface area contributed by atoms with Gasteiger partial charge in [-0.25, -0.2) is 24.1 Å². The van der Waals surface area contributed by atoms with E-state index in [1.807, 2.05) is 6.08 Å². The molecule has 0 spiro atoms. The first-order chi connectivity index (χ1) is 15.9. The number of hydrogen-bond donors (Lipinski definition) is 6. The van der Waals surface area contributed by atoms with Crippen LogP contribution in [0.1, 0.15) is 25.5 Å². The van der Waals surface area contributed by atoms with E-state index in [1.165, 1.54) is 22.7 Å². The van der Waals surface area contributed by atoms with E-state index in [-0.39, 0.29) is 17.0 Å². The van der Waals surface area contributed by atoms with Crippen molar-refractivity contribution in [3.05, 3.63) is 19.0 Å². The predicted molar refractivity (Wildman–Crippen MR) is 119 cm³/mol. The SMILES string of the molecule is C=CCCCCSc1nc(N)c2ncn(C3O[C@H](COP(=O)(O)OP(=O)(O)O)[C@@H](O)[C@H]3O)c2n1. The monoisotopic (exact) mass is 541 g/mol. The van der Waals surface area contributed by atoms with Crippen molar-refractivity contribution in [2.24, 2.45) is 0 Å². The van der Waals surface area contributed by atoms with E-state index in [0.717, 1.165) is 25.0 Å². The van der Waals surface area contributed by atoms with Gasteiger partial charge in [-0.3, -0.25) is 9.09 Å². The molecule has 3 heterocycles. The minimum Gasteiger partial charge on any atom is -0.387 e. The number of unbranched alkanes of at least 4 members (excludes halogenated alkanes) is 2. The van der Waals surface area contributed by atoms with Gasteiger partial charge >= 0.3 is 15.6 Å². The third-order valence-electron chi connectivity index (χ3n) is 4.68. The number of phosphoric acid groups is 2. The lowest BCUT2D eigenvalue weighted by Gasteiger charge is -2.17. The number of rotatable bonds is 12. The van der Waals surface area contributed by atoms with E-state index in [2.05, 4.69) is 30.4 Å². The highest BCUT2D eigenvalue weighted by Gasteiger charge is 2.46. The van der Waals surface area contributed by atoms with Gasteiger partial charge in [0, 0.05) is 5.75 Å². The summed E-state index contributed by atoms with van der Waals surface area (Å²) in [6, 6.07) is 0. The van der Waals surface area contributed by atoms with Gasteiger partial charge in [0.2, 0.25) is 0 Å². The number of aromatic nitrogens is 4. The van der Waals surface area contributed by atoms with Crippen molar-refractivity contribution in [2.75, 3.05) is 18.1 Å². The molecule has 18 heteroatoms. The number of imidazole rings is 1. The maximum absolute atomic E-state index is 11.6. The van der Waals surface area contributed by atoms with Crippen molar-refractivity contribution >= 4 is 44.4 Å². The van der Waals surface area contributed by atoms with Crippen LogP contribution in [0.3, 0.4) is 0 Å². The van der Waals surface area contributed by atoms with Crippen molar-refractivity contribution in [3.63, 3.8) is 0 Å². The molecule has 1 saturated heterocycles. The molecule has 1 aliphatic rings. The molecular weight excluding hydrogens is 516 g/mol. The van der Waals surface area contributed by atoms with Crippen molar-refractivity contribution in [1.82, 2.24) is 19.5 Å². The average Bonchev–Trinajstić information content (AvgIpc) is 3.26. The van der Waals surface area contributed by atoms with Gasteiger partial charge < -0.3 is 35.4 Å². The van der Waals surface area contributed by atoms with Gasteiger partial charge in [0.1, 0.15) is 23.8 Å². The summed E-state index contributed by atoms with van der Waals surface area (Å²) in [6.07, 6.45) is 0.209. The summed E-state index contributed by atoms with van der Waals surface area (Å²) in [5, 5.41) is 21.2. The van der Waals surface area contributed by atoms with Crippen LogP contribution >= 0.6 is 27.4 Å². The molecule has 5 atom stereocenters. The number of nitrogen functional groups attached to an aromatic ring is 1. The predicted octanol–water partition coefficient (Wildman–Crippen LogP) is 0.702. The first kappa shape index (κ1) is 27.2. The number of aliphatic hydroxyl groups excluding tert-OH is 2. The summed E-state index contributed by atoms with van der Waals surface area (Å²) >= 11 is 1.38. The zero-order valence-corrected chi connectivity index (χ0v) is 20.3. The molecular formula is C16H25N5O10P2S. The quantitative estimate of drug-likeness (QED) is 0.0713. The summed E-state index contributed by atoms with van der Waals surface area (Å²) in [6.45, 7) is 2.86. The molecule has 0 bridgehead atoms. The Hall–Kier alpha value is -1.42. The molecule has 2 aromatic rings. The van der Waals surface area contributed by atoms with E-state index in [4.69, 9.17) is 20.3 Å². The molecule has 0 saturated carbocycles. The van der Waals surface area contributed by atoms with Crippen molar-refractivity contribution < 1.29 is 47.6 Å². The van der Waals surface area contributed by atoms with E-state index in [0.29, 0.717) is 5.16 Å². The zero-order valence-electron chi connectivity index (χ0n) is 17.7. The summed E-state index contributed by atoms with van der Waals surface area (Å²) in [5.74, 6) is 0.854. The standard InChI is InChI=1S/C16H25N5O10P2S/c1-2-3-4-5-6-34-16-19-13(17)10-14(20-16)21(8-18-10)15-12(23)11(22)9(30-15)7-29-33(27,28)31-32(24,25)26/h2,8-9,11-12,15,22-23H,1,3-7H2,(H,27,28)(H2,17,19,20)(H2,24,25,26)/t9-,11-,12-,15?/m1/s1. The van der Waals surface area contributed by atoms with Gasteiger partial charge in [-0.05, 0) is 19.3 Å². The molecule has 7 N–H and O–H groups in total. The number of hydrogen-bond acceptors (Lipinski definition) is 12. The largest absolute Gasteiger partial charge is 0.481 e. The Morgan fingerprint density at radius 2 is 1.97 bits per heavy atom. The summed E-state index contributed by atoms with van der Waals surface area (Å²) in [5.41, 5.74) is 6.47. The first-order valence-corrected chi connectivity index (χ1v) is 13.9. The number of aliphatic hydroxyl groups is 2. The van der Waals surface area contributed by atoms with Crippen LogP contribution in [-0.2, 0) is 22.7 Å². The maximum atomic E-state index is 11.6. The van der Waals surface area contributed by atoms with E-state index in [1.54, 1.807) is 0 Å². The third kappa shape index (κ3) is 6.83. The fraction of sp³-hybridized carbons (Fsp3) is 0.562. The highest BCUT2D eigenvalue weighted by atomic mass is 32.2. The molecule has 2 unspecified atom stereocenters. The maximum Gasteiger partial charge on any atom is 0.481 e. The molecule has 2 aromatic heterocycles. The zero-order chi connectivity index (χ0) is 25.1. The van der Waals surface area contributed by atoms with Crippen LogP contribution in [0.4, 0.5) is 5.82 Å². The molecule has 34 heavy (non-hydrogen) atoms. The highest BCUT2D eigenvalue weighted by molar-refractivity contribution is 7.99. The Morgan fingerprint density at radius 3 is 2.65 bits per heavy atom. The second-order valence-corrected chi connectivity index (χ2v) is 11.1. The van der Waals surface area contributed by atoms with Crippen LogP contribution < -0.4 is 5.73 Å². The number of fused-ring (bicyclic) bond motifs is 1. The minimum atomic E-state index is -5.31. The molecule has 0 amide bonds. The average molecular weight is 541 g/mol. The lowest BCUT2D eigenvalue weighted by atomic mass is 10.1. The van der Waals surface area contributed by atoms with E-state index < -0.39 is 46.8 Å². The topological polar surface area (TPSA) is 233 Å². The molecule has 0 radical (unpaired) electrons. The van der Waals surface area contributed by atoms with Crippen LogP contribution in [0.5, 0.6) is 0 Å². The van der Waals surface area contributed by atoms with Crippen LogP contribution in [0.2, 0.25) is 0 Å². The van der Waals surface area contributed by atoms with Crippen molar-refractivity contribution in [2.45, 2.75) is 49.0 Å². The minimum absolute atomic E-state index is 0.112. The van der Waals surface area contributed by atoms with Crippen LogP contribution in [0.25, 0.3) is 11.2 Å². The second-order valence-electron chi connectivity index (χ2n) is 7.23. The first-order valence-electron chi connectivity index (χ1n) is 9.91. The Morgan fingerprint density at radius 1 is 1.24 bits per heavy atom. The molecule has 15 nitrogen and oxygen atoms in total. The normalized spacial score (nSPS) is 25.0. The van der Waals surface area contributed by atoms with Crippen molar-refractivity contribution in [3.8, 4) is 0 Å². The fourth-order valence-electron chi connectivity index (χ4n) is 3.14. The number of thioether (sulfide) groups is 1. The number of allylic oxidation sites excluding steroid dienone is 1. The number of phosphoric ester groups is 1. The smallest absolute Gasteiger partial charge is 0.387 e. The molecule has 1 fully saturated rings. The van der Waals surface area contributed by atoms with E-state index >= 15 is 0 Å². The Kier molecular flexibility index (Phi) is 8.87. The van der Waals surface area contributed by atoms with Gasteiger partial charge in [-0.1, -0.05) is 17.8 Å². The number of ether oxygens (including phenoxy) is 1. The van der Waals surface area contributed by atoms with Gasteiger partial charge in [0.05, 0.1) is 12.9 Å². The Bertz CT molecular complexity index is 1110. The molecule has 1 aliphatic heterocycles. The summed E-state index contributed by atoms with van der Waals surface area (Å²) in [4.78, 5) is 39.5. The van der Waals surface area contributed by atoms with Crippen LogP contribution in [0.15, 0.2) is 24.1 Å². The summed E-state index contributed by atoms with van der Waals surface area (Å²) < 4.78 is 37.5.